The third-order valence-electron chi connectivity index (χ3n) is 4.14. The van der Waals surface area contributed by atoms with Crippen LogP contribution in [0.4, 0.5) is 0 Å². The fourth-order valence-corrected chi connectivity index (χ4v) is 3.23. The van der Waals surface area contributed by atoms with Gasteiger partial charge < -0.3 is 9.47 Å². The van der Waals surface area contributed by atoms with Crippen LogP contribution in [0.25, 0.3) is 10.9 Å². The van der Waals surface area contributed by atoms with Crippen LogP contribution in [0.1, 0.15) is 31.7 Å². The Bertz CT molecular complexity index is 1150. The molecule has 0 spiro atoms. The zero-order valence-corrected chi connectivity index (χ0v) is 17.9. The summed E-state index contributed by atoms with van der Waals surface area (Å²) in [5.74, 6) is 0.712. The monoisotopic (exact) mass is 457 g/mol. The maximum Gasteiger partial charge on any atom is 0.308 e. The van der Waals surface area contributed by atoms with Gasteiger partial charge in [0.05, 0.1) is 24.2 Å². The van der Waals surface area contributed by atoms with Crippen molar-refractivity contribution < 1.29 is 14.3 Å². The quantitative estimate of drug-likeness (QED) is 0.318. The first-order valence-corrected chi connectivity index (χ1v) is 9.84. The van der Waals surface area contributed by atoms with Crippen LogP contribution in [-0.2, 0) is 11.2 Å². The summed E-state index contributed by atoms with van der Waals surface area (Å²) in [6.45, 7) is 3.31. The number of halogens is 1. The summed E-state index contributed by atoms with van der Waals surface area (Å²) in [5, 5.41) is 4.83. The molecule has 0 radical (unpaired) electrons. The number of benzene rings is 2. The third-order valence-corrected chi connectivity index (χ3v) is 4.63. The highest BCUT2D eigenvalue weighted by atomic mass is 79.9. The molecule has 0 N–H and O–H groups in total. The first-order valence-electron chi connectivity index (χ1n) is 9.05. The first kappa shape index (κ1) is 20.7. The number of para-hydroxylation sites is 1. The number of hydrogen-bond donors (Lipinski definition) is 0. The number of rotatable bonds is 6. The summed E-state index contributed by atoms with van der Waals surface area (Å²) in [4.78, 5) is 29.2. The zero-order chi connectivity index (χ0) is 21.0. The molecule has 0 aliphatic heterocycles. The molecule has 150 valence electrons. The van der Waals surface area contributed by atoms with Gasteiger partial charge in [-0.3, -0.25) is 9.59 Å². The maximum atomic E-state index is 13.1. The lowest BCUT2D eigenvalue weighted by atomic mass is 10.2. The number of aromatic nitrogens is 2. The van der Waals surface area contributed by atoms with E-state index in [0.29, 0.717) is 34.5 Å². The van der Waals surface area contributed by atoms with Gasteiger partial charge >= 0.3 is 5.97 Å². The third kappa shape index (κ3) is 4.54. The van der Waals surface area contributed by atoms with Gasteiger partial charge in [-0.2, -0.15) is 9.78 Å². The van der Waals surface area contributed by atoms with Crippen molar-refractivity contribution in [1.29, 1.82) is 0 Å². The Hall–Kier alpha value is -3.00. The van der Waals surface area contributed by atoms with Crippen LogP contribution in [-0.4, -0.2) is 29.0 Å². The number of hydrogen-bond acceptors (Lipinski definition) is 6. The summed E-state index contributed by atoms with van der Waals surface area (Å²) in [7, 11) is 1.48. The number of methoxy groups -OCH3 is 1. The second-order valence-corrected chi connectivity index (χ2v) is 7.19. The van der Waals surface area contributed by atoms with Gasteiger partial charge in [-0.05, 0) is 36.8 Å². The van der Waals surface area contributed by atoms with E-state index >= 15 is 0 Å². The van der Waals surface area contributed by atoms with E-state index in [1.807, 2.05) is 13.0 Å². The molecule has 0 fully saturated rings. The van der Waals surface area contributed by atoms with Gasteiger partial charge in [0.15, 0.2) is 11.5 Å². The lowest BCUT2D eigenvalue weighted by Gasteiger charge is -2.11. The van der Waals surface area contributed by atoms with Gasteiger partial charge in [0.1, 0.15) is 5.82 Å². The van der Waals surface area contributed by atoms with E-state index < -0.39 is 5.97 Å². The van der Waals surface area contributed by atoms with Crippen LogP contribution in [0.5, 0.6) is 11.5 Å². The highest BCUT2D eigenvalue weighted by Crippen LogP contribution is 2.30. The van der Waals surface area contributed by atoms with Gasteiger partial charge in [0.2, 0.25) is 0 Å². The van der Waals surface area contributed by atoms with E-state index in [9.17, 15) is 9.59 Å². The number of fused-ring (bicyclic) bond motifs is 1. The number of esters is 1. The van der Waals surface area contributed by atoms with Crippen molar-refractivity contribution in [2.45, 2.75) is 26.7 Å². The van der Waals surface area contributed by atoms with E-state index in [4.69, 9.17) is 9.47 Å². The van der Waals surface area contributed by atoms with E-state index in [0.717, 1.165) is 10.9 Å². The number of ether oxygens (including phenoxy) is 2. The second-order valence-electron chi connectivity index (χ2n) is 6.27. The Morgan fingerprint density at radius 1 is 1.31 bits per heavy atom. The molecular formula is C21H20BrN3O4. The topological polar surface area (TPSA) is 82.8 Å². The van der Waals surface area contributed by atoms with Crippen LogP contribution in [0.15, 0.2) is 50.8 Å². The summed E-state index contributed by atoms with van der Waals surface area (Å²) in [6.07, 6.45) is 2.86. The van der Waals surface area contributed by atoms with Crippen molar-refractivity contribution in [2.24, 2.45) is 5.10 Å². The zero-order valence-electron chi connectivity index (χ0n) is 16.3. The highest BCUT2D eigenvalue weighted by Gasteiger charge is 2.13. The minimum absolute atomic E-state index is 0.243. The Morgan fingerprint density at radius 3 is 2.79 bits per heavy atom. The standard InChI is InChI=1S/C21H20BrN3O4/c1-4-6-19-24-17-10-9-15(22)11-16(17)21(27)25(19)23-12-14-7-5-8-18(28-3)20(14)29-13(2)26/h5,7-12H,4,6H2,1-3H3. The SMILES string of the molecule is CCCc1nc2ccc(Br)cc2c(=O)n1N=Cc1cccc(OC)c1OC(C)=O. The summed E-state index contributed by atoms with van der Waals surface area (Å²) in [5.41, 5.74) is 0.853. The normalized spacial score (nSPS) is 11.2. The largest absolute Gasteiger partial charge is 0.493 e. The molecule has 0 aliphatic rings. The van der Waals surface area contributed by atoms with Crippen LogP contribution in [0.3, 0.4) is 0 Å². The highest BCUT2D eigenvalue weighted by molar-refractivity contribution is 9.10. The molecule has 29 heavy (non-hydrogen) atoms. The number of nitrogens with zero attached hydrogens (tertiary/aromatic N) is 3. The predicted octanol–water partition coefficient (Wildman–Crippen LogP) is 3.93. The maximum absolute atomic E-state index is 13.1. The van der Waals surface area contributed by atoms with Crippen LogP contribution < -0.4 is 15.0 Å². The lowest BCUT2D eigenvalue weighted by Crippen LogP contribution is -2.22. The minimum atomic E-state index is -0.481. The Kier molecular flexibility index (Phi) is 6.43. The molecule has 1 heterocycles. The van der Waals surface area contributed by atoms with E-state index in [1.165, 1.54) is 24.9 Å². The molecule has 0 aliphatic carbocycles. The number of carbonyl (C=O) groups excluding carboxylic acids is 1. The van der Waals surface area contributed by atoms with Crippen molar-refractivity contribution in [3.63, 3.8) is 0 Å². The molecule has 0 bridgehead atoms. The molecule has 7 nitrogen and oxygen atoms in total. The van der Waals surface area contributed by atoms with Crippen molar-refractivity contribution in [2.75, 3.05) is 7.11 Å². The molecule has 0 atom stereocenters. The molecule has 0 unspecified atom stereocenters. The molecule has 0 saturated heterocycles. The van der Waals surface area contributed by atoms with Gasteiger partial charge in [0, 0.05) is 23.4 Å². The predicted molar refractivity (Wildman–Crippen MR) is 115 cm³/mol. The molecule has 1 aromatic heterocycles. The fraction of sp³-hybridized carbons (Fsp3) is 0.238. The van der Waals surface area contributed by atoms with Crippen molar-refractivity contribution in [3.8, 4) is 11.5 Å². The van der Waals surface area contributed by atoms with Crippen molar-refractivity contribution in [1.82, 2.24) is 9.66 Å². The number of carbonyl (C=O) groups is 1. The average molecular weight is 458 g/mol. The van der Waals surface area contributed by atoms with Gasteiger partial charge in [-0.15, -0.1) is 0 Å². The second kappa shape index (κ2) is 9.00. The Balaban J connectivity index is 2.16. The molecule has 2 aromatic carbocycles. The van der Waals surface area contributed by atoms with Crippen LogP contribution in [0.2, 0.25) is 0 Å². The summed E-state index contributed by atoms with van der Waals surface area (Å²) >= 11 is 3.39. The van der Waals surface area contributed by atoms with E-state index in [2.05, 4.69) is 26.0 Å². The van der Waals surface area contributed by atoms with Gasteiger partial charge in [-0.25, -0.2) is 4.98 Å². The summed E-state index contributed by atoms with van der Waals surface area (Å²) in [6, 6.07) is 10.5. The Morgan fingerprint density at radius 2 is 2.10 bits per heavy atom. The molecule has 0 saturated carbocycles. The minimum Gasteiger partial charge on any atom is -0.493 e. The molecule has 0 amide bonds. The first-order chi connectivity index (χ1) is 13.9. The van der Waals surface area contributed by atoms with Crippen LogP contribution >= 0.6 is 15.9 Å². The molecule has 3 aromatic rings. The van der Waals surface area contributed by atoms with Gasteiger partial charge in [0.25, 0.3) is 5.56 Å². The average Bonchev–Trinajstić information content (AvgIpc) is 2.69. The van der Waals surface area contributed by atoms with E-state index in [1.54, 1.807) is 30.3 Å². The van der Waals surface area contributed by atoms with E-state index in [-0.39, 0.29) is 11.3 Å². The number of aryl methyl sites for hydroxylation is 1. The smallest absolute Gasteiger partial charge is 0.308 e. The molecule has 3 rings (SSSR count). The lowest BCUT2D eigenvalue weighted by molar-refractivity contribution is -0.132. The molecule has 8 heteroatoms. The molecular weight excluding hydrogens is 438 g/mol. The Labute approximate surface area is 176 Å². The van der Waals surface area contributed by atoms with Crippen LogP contribution in [0, 0.1) is 0 Å². The fourth-order valence-electron chi connectivity index (χ4n) is 2.87. The van der Waals surface area contributed by atoms with Crippen molar-refractivity contribution in [3.05, 3.63) is 62.6 Å². The van der Waals surface area contributed by atoms with Gasteiger partial charge in [-0.1, -0.05) is 28.9 Å². The summed E-state index contributed by atoms with van der Waals surface area (Å²) < 4.78 is 12.6. The van der Waals surface area contributed by atoms with Crippen molar-refractivity contribution >= 4 is 39.0 Å².